The maximum Gasteiger partial charge on any atom is 0.157 e. The van der Waals surface area contributed by atoms with Gasteiger partial charge in [0, 0.05) is 25.3 Å². The number of hydrogen-bond acceptors (Lipinski definition) is 5. The Kier molecular flexibility index (Phi) is 5.51. The van der Waals surface area contributed by atoms with Gasteiger partial charge in [-0.1, -0.05) is 0 Å². The van der Waals surface area contributed by atoms with Gasteiger partial charge in [-0.25, -0.2) is 9.97 Å². The fourth-order valence-electron chi connectivity index (χ4n) is 1.92. The van der Waals surface area contributed by atoms with E-state index in [2.05, 4.69) is 15.3 Å². The highest BCUT2D eigenvalue weighted by Crippen LogP contribution is 2.23. The quantitative estimate of drug-likeness (QED) is 0.848. The van der Waals surface area contributed by atoms with Crippen LogP contribution in [0.25, 0.3) is 11.3 Å². The summed E-state index contributed by atoms with van der Waals surface area (Å²) in [4.78, 5) is 8.94. The maximum atomic E-state index is 5.45. The topological polar surface area (TPSA) is 56.3 Å². The van der Waals surface area contributed by atoms with E-state index in [4.69, 9.17) is 9.47 Å². The molecule has 0 saturated carbocycles. The Balaban J connectivity index is 2.28. The number of aromatic nitrogens is 2. The van der Waals surface area contributed by atoms with Crippen molar-refractivity contribution in [2.24, 2.45) is 0 Å². The molecule has 2 rings (SSSR count). The van der Waals surface area contributed by atoms with Gasteiger partial charge in [0.1, 0.15) is 18.2 Å². The normalized spacial score (nSPS) is 10.4. The monoisotopic (exact) mass is 287 g/mol. The van der Waals surface area contributed by atoms with Gasteiger partial charge in [0.05, 0.1) is 12.3 Å². The van der Waals surface area contributed by atoms with Gasteiger partial charge >= 0.3 is 0 Å². The number of rotatable bonds is 7. The molecule has 5 nitrogen and oxygen atoms in total. The van der Waals surface area contributed by atoms with Gasteiger partial charge in [-0.15, -0.1) is 0 Å². The Hall–Kier alpha value is -2.14. The van der Waals surface area contributed by atoms with Gasteiger partial charge in [-0.3, -0.25) is 0 Å². The van der Waals surface area contributed by atoms with E-state index in [0.717, 1.165) is 22.8 Å². The summed E-state index contributed by atoms with van der Waals surface area (Å²) < 4.78 is 10.8. The number of nitrogens with zero attached hydrogens (tertiary/aromatic N) is 2. The van der Waals surface area contributed by atoms with E-state index >= 15 is 0 Å². The number of anilines is 1. The lowest BCUT2D eigenvalue weighted by atomic mass is 10.1. The van der Waals surface area contributed by atoms with Crippen LogP contribution in [0.4, 0.5) is 5.82 Å². The zero-order valence-electron chi connectivity index (χ0n) is 12.7. The summed E-state index contributed by atoms with van der Waals surface area (Å²) in [7, 11) is 1.84. The molecular weight excluding hydrogens is 266 g/mol. The molecule has 1 aromatic carbocycles. The molecule has 0 fully saturated rings. The summed E-state index contributed by atoms with van der Waals surface area (Å²) in [6, 6.07) is 9.81. The van der Waals surface area contributed by atoms with Crippen molar-refractivity contribution in [3.63, 3.8) is 0 Å². The molecule has 0 bridgehead atoms. The minimum atomic E-state index is 0.413. The summed E-state index contributed by atoms with van der Waals surface area (Å²) >= 11 is 0. The molecule has 0 aliphatic rings. The average Bonchev–Trinajstić information content (AvgIpc) is 2.53. The molecule has 0 aliphatic carbocycles. The molecule has 5 heteroatoms. The van der Waals surface area contributed by atoms with E-state index in [1.165, 1.54) is 0 Å². The number of hydrogen-bond donors (Lipinski definition) is 1. The molecule has 0 unspecified atom stereocenters. The van der Waals surface area contributed by atoms with Crippen molar-refractivity contribution in [1.29, 1.82) is 0 Å². The second-order valence-corrected chi connectivity index (χ2v) is 4.40. The van der Waals surface area contributed by atoms with Crippen LogP contribution in [0.1, 0.15) is 19.7 Å². The van der Waals surface area contributed by atoms with Crippen molar-refractivity contribution in [2.75, 3.05) is 25.6 Å². The predicted octanol–water partition coefficient (Wildman–Crippen LogP) is 3.12. The first kappa shape index (κ1) is 15.3. The zero-order chi connectivity index (χ0) is 15.1. The molecule has 112 valence electrons. The minimum absolute atomic E-state index is 0.413. The van der Waals surface area contributed by atoms with E-state index in [0.29, 0.717) is 25.6 Å². The van der Waals surface area contributed by atoms with Gasteiger partial charge < -0.3 is 14.8 Å². The summed E-state index contributed by atoms with van der Waals surface area (Å²) in [6.07, 6.45) is 0. The third kappa shape index (κ3) is 4.16. The Bertz CT molecular complexity index is 570. The maximum absolute atomic E-state index is 5.45. The fourth-order valence-corrected chi connectivity index (χ4v) is 1.92. The molecular formula is C16H21N3O2. The molecule has 0 atom stereocenters. The smallest absolute Gasteiger partial charge is 0.157 e. The highest BCUT2D eigenvalue weighted by Gasteiger charge is 2.06. The molecule has 1 heterocycles. The zero-order valence-corrected chi connectivity index (χ0v) is 12.7. The molecule has 0 saturated heterocycles. The summed E-state index contributed by atoms with van der Waals surface area (Å²) in [5.74, 6) is 2.31. The Morgan fingerprint density at radius 2 is 1.81 bits per heavy atom. The third-order valence-electron chi connectivity index (χ3n) is 2.92. The van der Waals surface area contributed by atoms with Crippen molar-refractivity contribution in [3.05, 3.63) is 36.2 Å². The summed E-state index contributed by atoms with van der Waals surface area (Å²) in [5.41, 5.74) is 1.89. The number of benzene rings is 1. The van der Waals surface area contributed by atoms with Crippen LogP contribution in [-0.4, -0.2) is 30.2 Å². The number of ether oxygens (including phenoxy) is 2. The summed E-state index contributed by atoms with van der Waals surface area (Å²) in [5, 5.41) is 3.05. The van der Waals surface area contributed by atoms with Crippen LogP contribution in [-0.2, 0) is 11.3 Å². The first-order valence-electron chi connectivity index (χ1n) is 7.13. The number of nitrogens with one attached hydrogen (secondary N) is 1. The van der Waals surface area contributed by atoms with Crippen LogP contribution in [0.3, 0.4) is 0 Å². The van der Waals surface area contributed by atoms with Gasteiger partial charge in [-0.05, 0) is 38.1 Å². The van der Waals surface area contributed by atoms with E-state index in [-0.39, 0.29) is 0 Å². The van der Waals surface area contributed by atoms with E-state index < -0.39 is 0 Å². The van der Waals surface area contributed by atoms with E-state index in [9.17, 15) is 0 Å². The van der Waals surface area contributed by atoms with Crippen molar-refractivity contribution in [1.82, 2.24) is 9.97 Å². The van der Waals surface area contributed by atoms with Crippen molar-refractivity contribution < 1.29 is 9.47 Å². The SMILES string of the molecule is CCOCc1nc(NC)cc(-c2ccc(OCC)cc2)n1. The highest BCUT2D eigenvalue weighted by molar-refractivity contribution is 5.63. The van der Waals surface area contributed by atoms with E-state index in [1.807, 2.05) is 51.2 Å². The second kappa shape index (κ2) is 7.59. The highest BCUT2D eigenvalue weighted by atomic mass is 16.5. The van der Waals surface area contributed by atoms with Crippen molar-refractivity contribution >= 4 is 5.82 Å². The van der Waals surface area contributed by atoms with Gasteiger partial charge in [0.15, 0.2) is 5.82 Å². The molecule has 0 amide bonds. The molecule has 0 spiro atoms. The first-order chi connectivity index (χ1) is 10.3. The molecule has 21 heavy (non-hydrogen) atoms. The van der Waals surface area contributed by atoms with Crippen LogP contribution in [0, 0.1) is 0 Å². The molecule has 1 aromatic heterocycles. The third-order valence-corrected chi connectivity index (χ3v) is 2.92. The fraction of sp³-hybridized carbons (Fsp3) is 0.375. The van der Waals surface area contributed by atoms with Gasteiger partial charge in [0.25, 0.3) is 0 Å². The lowest BCUT2D eigenvalue weighted by Gasteiger charge is -2.09. The van der Waals surface area contributed by atoms with Gasteiger partial charge in [0.2, 0.25) is 0 Å². The van der Waals surface area contributed by atoms with Crippen LogP contribution >= 0.6 is 0 Å². The van der Waals surface area contributed by atoms with Crippen LogP contribution in [0.2, 0.25) is 0 Å². The second-order valence-electron chi connectivity index (χ2n) is 4.40. The molecule has 1 N–H and O–H groups in total. The lowest BCUT2D eigenvalue weighted by Crippen LogP contribution is -2.04. The molecule has 0 radical (unpaired) electrons. The van der Waals surface area contributed by atoms with Gasteiger partial charge in [-0.2, -0.15) is 0 Å². The standard InChI is InChI=1S/C16H21N3O2/c1-4-20-11-16-18-14(10-15(17-3)19-16)12-6-8-13(9-7-12)21-5-2/h6-10H,4-5,11H2,1-3H3,(H,17,18,19). The molecule has 0 aliphatic heterocycles. The van der Waals surface area contributed by atoms with Crippen LogP contribution in [0.15, 0.2) is 30.3 Å². The molecule has 2 aromatic rings. The summed E-state index contributed by atoms with van der Waals surface area (Å²) in [6.45, 7) is 5.64. The first-order valence-corrected chi connectivity index (χ1v) is 7.13. The Morgan fingerprint density at radius 3 is 2.43 bits per heavy atom. The predicted molar refractivity (Wildman–Crippen MR) is 83.5 cm³/mol. The van der Waals surface area contributed by atoms with Crippen molar-refractivity contribution in [3.8, 4) is 17.0 Å². The Morgan fingerprint density at radius 1 is 1.05 bits per heavy atom. The largest absolute Gasteiger partial charge is 0.494 e. The average molecular weight is 287 g/mol. The lowest BCUT2D eigenvalue weighted by molar-refractivity contribution is 0.128. The van der Waals surface area contributed by atoms with E-state index in [1.54, 1.807) is 0 Å². The van der Waals surface area contributed by atoms with Crippen LogP contribution < -0.4 is 10.1 Å². The van der Waals surface area contributed by atoms with Crippen LogP contribution in [0.5, 0.6) is 5.75 Å². The van der Waals surface area contributed by atoms with Crippen molar-refractivity contribution in [2.45, 2.75) is 20.5 Å². The Labute approximate surface area is 125 Å². The minimum Gasteiger partial charge on any atom is -0.494 e.